The molecular weight excluding hydrogens is 179 g/mol. The zero-order valence-corrected chi connectivity index (χ0v) is 8.33. The van der Waals surface area contributed by atoms with Gasteiger partial charge in [0, 0.05) is 18.2 Å². The molecule has 1 fully saturated rings. The number of nitrogens with one attached hydrogen (secondary N) is 1. The summed E-state index contributed by atoms with van der Waals surface area (Å²) in [5.74, 6) is 0.155. The van der Waals surface area contributed by atoms with Crippen molar-refractivity contribution in [3.8, 4) is 0 Å². The van der Waals surface area contributed by atoms with Crippen molar-refractivity contribution in [2.45, 2.75) is 31.2 Å². The van der Waals surface area contributed by atoms with Crippen molar-refractivity contribution >= 4 is 0 Å². The first-order valence-corrected chi connectivity index (χ1v) is 5.09. The maximum atomic E-state index is 13.5. The van der Waals surface area contributed by atoms with Crippen molar-refractivity contribution in [2.24, 2.45) is 0 Å². The second-order valence-electron chi connectivity index (χ2n) is 3.83. The Hall–Kier alpha value is -0.960. The van der Waals surface area contributed by atoms with Crippen LogP contribution in [0.15, 0.2) is 18.5 Å². The Bertz CT molecular complexity index is 314. The number of likely N-dealkylation sites (N-methyl/N-ethyl adjacent to an activating group) is 1. The normalized spacial score (nSPS) is 26.7. The number of halogens is 1. The van der Waals surface area contributed by atoms with Crippen molar-refractivity contribution in [3.63, 3.8) is 0 Å². The smallest absolute Gasteiger partial charge is 0.145 e. The van der Waals surface area contributed by atoms with Crippen LogP contribution in [0.1, 0.15) is 30.7 Å². The van der Waals surface area contributed by atoms with E-state index in [1.165, 1.54) is 12.6 Å². The van der Waals surface area contributed by atoms with Crippen LogP contribution in [0.5, 0.6) is 0 Å². The molecule has 1 aliphatic rings. The molecular formula is C11H15FN2. The van der Waals surface area contributed by atoms with Crippen LogP contribution in [0.25, 0.3) is 0 Å². The molecule has 0 aliphatic heterocycles. The predicted octanol–water partition coefficient (Wildman–Crippen LogP) is 2.08. The van der Waals surface area contributed by atoms with Gasteiger partial charge in [-0.05, 0) is 31.5 Å². The van der Waals surface area contributed by atoms with E-state index in [9.17, 15) is 4.39 Å². The number of hydrogen-bond donors (Lipinski definition) is 1. The van der Waals surface area contributed by atoms with Crippen LogP contribution in [0.2, 0.25) is 0 Å². The van der Waals surface area contributed by atoms with E-state index in [1.54, 1.807) is 12.3 Å². The maximum absolute atomic E-state index is 13.5. The first-order chi connectivity index (χ1) is 6.83. The van der Waals surface area contributed by atoms with Crippen molar-refractivity contribution < 1.29 is 4.39 Å². The first-order valence-electron chi connectivity index (χ1n) is 5.09. The van der Waals surface area contributed by atoms with E-state index in [0.29, 0.717) is 12.0 Å². The molecule has 2 unspecified atom stereocenters. The summed E-state index contributed by atoms with van der Waals surface area (Å²) in [5.41, 5.74) is 0.817. The highest BCUT2D eigenvalue weighted by Crippen LogP contribution is 2.35. The molecule has 1 N–H and O–H groups in total. The van der Waals surface area contributed by atoms with Gasteiger partial charge in [-0.3, -0.25) is 4.98 Å². The zero-order valence-electron chi connectivity index (χ0n) is 8.33. The minimum Gasteiger partial charge on any atom is -0.316 e. The van der Waals surface area contributed by atoms with Gasteiger partial charge >= 0.3 is 0 Å². The Labute approximate surface area is 83.6 Å². The fourth-order valence-electron chi connectivity index (χ4n) is 2.36. The van der Waals surface area contributed by atoms with E-state index in [2.05, 4.69) is 10.3 Å². The lowest BCUT2D eigenvalue weighted by Crippen LogP contribution is -2.27. The molecule has 76 valence electrons. The molecule has 1 heterocycles. The molecule has 0 amide bonds. The van der Waals surface area contributed by atoms with E-state index in [-0.39, 0.29) is 5.82 Å². The van der Waals surface area contributed by atoms with E-state index >= 15 is 0 Å². The summed E-state index contributed by atoms with van der Waals surface area (Å²) in [6, 6.07) is 2.22. The van der Waals surface area contributed by atoms with Gasteiger partial charge < -0.3 is 5.32 Å². The summed E-state index contributed by atoms with van der Waals surface area (Å²) < 4.78 is 13.5. The van der Waals surface area contributed by atoms with Gasteiger partial charge in [-0.25, -0.2) is 4.39 Å². The molecule has 1 aromatic heterocycles. The minimum absolute atomic E-state index is 0.167. The highest BCUT2D eigenvalue weighted by atomic mass is 19.1. The Morgan fingerprint density at radius 2 is 2.36 bits per heavy atom. The summed E-state index contributed by atoms with van der Waals surface area (Å²) in [6.07, 6.45) is 6.37. The predicted molar refractivity (Wildman–Crippen MR) is 53.6 cm³/mol. The Balaban J connectivity index is 2.26. The second kappa shape index (κ2) is 4.05. The molecule has 2 nitrogen and oxygen atoms in total. The number of hydrogen-bond acceptors (Lipinski definition) is 2. The van der Waals surface area contributed by atoms with Crippen LogP contribution in [-0.4, -0.2) is 18.1 Å². The van der Waals surface area contributed by atoms with E-state index in [4.69, 9.17) is 0 Å². The molecule has 0 bridgehead atoms. The number of aromatic nitrogens is 1. The summed E-state index contributed by atoms with van der Waals surface area (Å²) >= 11 is 0. The molecule has 0 spiro atoms. The second-order valence-corrected chi connectivity index (χ2v) is 3.83. The lowest BCUT2D eigenvalue weighted by Gasteiger charge is -2.19. The third-order valence-corrected chi connectivity index (χ3v) is 3.09. The number of rotatable bonds is 2. The van der Waals surface area contributed by atoms with Gasteiger partial charge in [0.2, 0.25) is 0 Å². The Kier molecular flexibility index (Phi) is 2.77. The Morgan fingerprint density at radius 3 is 3.07 bits per heavy atom. The molecule has 1 aliphatic carbocycles. The standard InChI is InChI=1S/C11H15FN2/c1-13-11-4-2-3-9(11)8-5-6-14-7-10(8)12/h5-7,9,11,13H,2-4H2,1H3. The summed E-state index contributed by atoms with van der Waals surface area (Å²) in [4.78, 5) is 3.77. The quantitative estimate of drug-likeness (QED) is 0.779. The molecule has 1 aromatic rings. The van der Waals surface area contributed by atoms with Crippen LogP contribution in [0.3, 0.4) is 0 Å². The van der Waals surface area contributed by atoms with E-state index in [0.717, 1.165) is 18.4 Å². The third-order valence-electron chi connectivity index (χ3n) is 3.09. The zero-order chi connectivity index (χ0) is 9.97. The maximum Gasteiger partial charge on any atom is 0.145 e. The topological polar surface area (TPSA) is 24.9 Å². The Morgan fingerprint density at radius 1 is 1.50 bits per heavy atom. The van der Waals surface area contributed by atoms with Crippen molar-refractivity contribution in [3.05, 3.63) is 29.8 Å². The minimum atomic E-state index is -0.167. The van der Waals surface area contributed by atoms with Gasteiger partial charge in [-0.2, -0.15) is 0 Å². The first kappa shape index (κ1) is 9.59. The molecule has 1 saturated carbocycles. The van der Waals surface area contributed by atoms with Crippen LogP contribution >= 0.6 is 0 Å². The number of nitrogens with zero attached hydrogens (tertiary/aromatic N) is 1. The monoisotopic (exact) mass is 194 g/mol. The molecule has 0 radical (unpaired) electrons. The van der Waals surface area contributed by atoms with Gasteiger partial charge in [0.25, 0.3) is 0 Å². The fourth-order valence-corrected chi connectivity index (χ4v) is 2.36. The largest absolute Gasteiger partial charge is 0.316 e. The van der Waals surface area contributed by atoms with E-state index in [1.807, 2.05) is 7.05 Å². The molecule has 2 atom stereocenters. The van der Waals surface area contributed by atoms with Crippen molar-refractivity contribution in [1.82, 2.24) is 10.3 Å². The van der Waals surface area contributed by atoms with Gasteiger partial charge in [0.1, 0.15) is 5.82 Å². The fraction of sp³-hybridized carbons (Fsp3) is 0.545. The van der Waals surface area contributed by atoms with Crippen LogP contribution in [-0.2, 0) is 0 Å². The molecule has 14 heavy (non-hydrogen) atoms. The number of pyridine rings is 1. The highest BCUT2D eigenvalue weighted by molar-refractivity contribution is 5.21. The summed E-state index contributed by atoms with van der Waals surface area (Å²) in [7, 11) is 1.95. The summed E-state index contributed by atoms with van der Waals surface area (Å²) in [6.45, 7) is 0. The van der Waals surface area contributed by atoms with Crippen LogP contribution in [0.4, 0.5) is 4.39 Å². The third kappa shape index (κ3) is 1.64. The van der Waals surface area contributed by atoms with Crippen molar-refractivity contribution in [2.75, 3.05) is 7.05 Å². The van der Waals surface area contributed by atoms with Crippen molar-refractivity contribution in [1.29, 1.82) is 0 Å². The lowest BCUT2D eigenvalue weighted by atomic mass is 9.95. The van der Waals surface area contributed by atoms with Gasteiger partial charge in [0.05, 0.1) is 6.20 Å². The average molecular weight is 194 g/mol. The van der Waals surface area contributed by atoms with E-state index < -0.39 is 0 Å². The summed E-state index contributed by atoms with van der Waals surface area (Å²) in [5, 5.41) is 3.25. The molecule has 3 heteroatoms. The van der Waals surface area contributed by atoms with Crippen LogP contribution in [0, 0.1) is 5.82 Å². The van der Waals surface area contributed by atoms with Gasteiger partial charge in [0.15, 0.2) is 0 Å². The highest BCUT2D eigenvalue weighted by Gasteiger charge is 2.28. The molecule has 0 saturated heterocycles. The SMILES string of the molecule is CNC1CCCC1c1ccncc1F. The lowest BCUT2D eigenvalue weighted by molar-refractivity contribution is 0.495. The molecule has 2 rings (SSSR count). The van der Waals surface area contributed by atoms with Gasteiger partial charge in [-0.15, -0.1) is 0 Å². The van der Waals surface area contributed by atoms with Crippen LogP contribution < -0.4 is 5.32 Å². The van der Waals surface area contributed by atoms with Gasteiger partial charge in [-0.1, -0.05) is 6.42 Å². The molecule has 0 aromatic carbocycles. The average Bonchev–Trinajstić information content (AvgIpc) is 2.66.